The second-order valence-corrected chi connectivity index (χ2v) is 5.30. The molecule has 2 heterocycles. The third-order valence-electron chi connectivity index (χ3n) is 4.02. The Balaban J connectivity index is 1.69. The van der Waals surface area contributed by atoms with Gasteiger partial charge in [-0.25, -0.2) is 4.68 Å². The molecule has 0 spiro atoms. The lowest BCUT2D eigenvalue weighted by Crippen LogP contribution is -2.39. The minimum absolute atomic E-state index is 0.588. The van der Waals surface area contributed by atoms with Gasteiger partial charge in [-0.2, -0.15) is 0 Å². The summed E-state index contributed by atoms with van der Waals surface area (Å²) in [7, 11) is 0. The maximum absolute atomic E-state index is 4.20. The van der Waals surface area contributed by atoms with Crippen LogP contribution in [0.15, 0.2) is 0 Å². The molecule has 5 nitrogen and oxygen atoms in total. The molecular formula is C12H21N5. The number of tetrazole rings is 1. The lowest BCUT2D eigenvalue weighted by molar-refractivity contribution is 0.130. The molecule has 1 aliphatic carbocycles. The summed E-state index contributed by atoms with van der Waals surface area (Å²) in [6.45, 7) is 4.42. The van der Waals surface area contributed by atoms with Gasteiger partial charge in [-0.1, -0.05) is 13.3 Å². The molecule has 0 amide bonds. The first-order valence-electron chi connectivity index (χ1n) is 6.89. The van der Waals surface area contributed by atoms with Crippen LogP contribution in [0.4, 0.5) is 0 Å². The van der Waals surface area contributed by atoms with Crippen LogP contribution >= 0.6 is 0 Å². The summed E-state index contributed by atoms with van der Waals surface area (Å²) < 4.78 is 2.04. The first kappa shape index (κ1) is 11.1. The minimum Gasteiger partial charge on any atom is -0.293 e. The Morgan fingerprint density at radius 2 is 2.12 bits per heavy atom. The van der Waals surface area contributed by atoms with Gasteiger partial charge >= 0.3 is 0 Å². The number of aromatic nitrogens is 4. The van der Waals surface area contributed by atoms with Gasteiger partial charge in [0.1, 0.15) is 0 Å². The molecule has 1 aromatic rings. The fourth-order valence-corrected chi connectivity index (χ4v) is 2.83. The quantitative estimate of drug-likeness (QED) is 0.798. The third-order valence-corrected chi connectivity index (χ3v) is 4.02. The first-order valence-corrected chi connectivity index (χ1v) is 6.89. The molecule has 3 rings (SSSR count). The van der Waals surface area contributed by atoms with Gasteiger partial charge in [-0.05, 0) is 49.1 Å². The van der Waals surface area contributed by atoms with E-state index in [1.54, 1.807) is 0 Å². The van der Waals surface area contributed by atoms with E-state index < -0.39 is 0 Å². The van der Waals surface area contributed by atoms with Crippen LogP contribution in [0.5, 0.6) is 0 Å². The highest BCUT2D eigenvalue weighted by Crippen LogP contribution is 2.34. The highest BCUT2D eigenvalue weighted by atomic mass is 15.6. The molecule has 0 aromatic carbocycles. The van der Waals surface area contributed by atoms with E-state index in [0.717, 1.165) is 18.4 Å². The van der Waals surface area contributed by atoms with Crippen molar-refractivity contribution in [2.75, 3.05) is 6.54 Å². The monoisotopic (exact) mass is 235 g/mol. The summed E-state index contributed by atoms with van der Waals surface area (Å²) in [5.74, 6) is 1.06. The van der Waals surface area contributed by atoms with Crippen molar-refractivity contribution in [1.82, 2.24) is 25.1 Å². The fourth-order valence-electron chi connectivity index (χ4n) is 2.83. The van der Waals surface area contributed by atoms with Gasteiger partial charge in [0.15, 0.2) is 5.82 Å². The SMILES string of the molecule is CC[C@H]1CCCCN1Cc1nnnn1C1CC1. The molecule has 1 saturated heterocycles. The molecule has 1 aromatic heterocycles. The topological polar surface area (TPSA) is 46.8 Å². The highest BCUT2D eigenvalue weighted by molar-refractivity contribution is 4.91. The summed E-state index contributed by atoms with van der Waals surface area (Å²) in [5, 5.41) is 12.2. The van der Waals surface area contributed by atoms with Crippen molar-refractivity contribution >= 4 is 0 Å². The summed E-state index contributed by atoms with van der Waals surface area (Å²) in [6, 6.07) is 1.32. The van der Waals surface area contributed by atoms with Crippen LogP contribution in [-0.2, 0) is 6.54 Å². The molecule has 1 aliphatic heterocycles. The van der Waals surface area contributed by atoms with Crippen molar-refractivity contribution in [3.63, 3.8) is 0 Å². The molecule has 2 aliphatic rings. The van der Waals surface area contributed by atoms with Gasteiger partial charge in [0.25, 0.3) is 0 Å². The fraction of sp³-hybridized carbons (Fsp3) is 0.917. The predicted octanol–water partition coefficient (Wildman–Crippen LogP) is 1.77. The molecule has 94 valence electrons. The van der Waals surface area contributed by atoms with Gasteiger partial charge in [0.05, 0.1) is 12.6 Å². The second-order valence-electron chi connectivity index (χ2n) is 5.30. The Labute approximate surface area is 102 Å². The molecule has 0 radical (unpaired) electrons. The molecule has 1 atom stereocenters. The number of piperidine rings is 1. The number of hydrogen-bond acceptors (Lipinski definition) is 4. The van der Waals surface area contributed by atoms with Crippen molar-refractivity contribution in [3.8, 4) is 0 Å². The molecule has 17 heavy (non-hydrogen) atoms. The van der Waals surface area contributed by atoms with Gasteiger partial charge in [-0.15, -0.1) is 5.10 Å². The van der Waals surface area contributed by atoms with E-state index in [-0.39, 0.29) is 0 Å². The van der Waals surface area contributed by atoms with E-state index in [9.17, 15) is 0 Å². The van der Waals surface area contributed by atoms with E-state index in [4.69, 9.17) is 0 Å². The van der Waals surface area contributed by atoms with Crippen molar-refractivity contribution in [1.29, 1.82) is 0 Å². The van der Waals surface area contributed by atoms with Crippen molar-refractivity contribution in [2.24, 2.45) is 0 Å². The Hall–Kier alpha value is -0.970. The minimum atomic E-state index is 0.588. The highest BCUT2D eigenvalue weighted by Gasteiger charge is 2.29. The van der Waals surface area contributed by atoms with Crippen molar-refractivity contribution < 1.29 is 0 Å². The van der Waals surface area contributed by atoms with E-state index in [1.165, 1.54) is 45.1 Å². The standard InChI is InChI=1S/C12H21N5/c1-2-10-5-3-4-8-16(10)9-12-13-14-15-17(12)11-6-7-11/h10-11H,2-9H2,1H3/t10-/m0/s1. The number of hydrogen-bond donors (Lipinski definition) is 0. The van der Waals surface area contributed by atoms with Crippen LogP contribution in [0.2, 0.25) is 0 Å². The molecule has 5 heteroatoms. The molecule has 2 fully saturated rings. The maximum Gasteiger partial charge on any atom is 0.165 e. The van der Waals surface area contributed by atoms with Gasteiger partial charge < -0.3 is 0 Å². The van der Waals surface area contributed by atoms with Crippen LogP contribution in [-0.4, -0.2) is 37.7 Å². The van der Waals surface area contributed by atoms with E-state index in [2.05, 4.69) is 27.3 Å². The normalized spacial score (nSPS) is 26.3. The van der Waals surface area contributed by atoms with Crippen molar-refractivity contribution in [2.45, 2.75) is 64.1 Å². The largest absolute Gasteiger partial charge is 0.293 e. The first-order chi connectivity index (χ1) is 8.38. The average Bonchev–Trinajstić information content (AvgIpc) is 3.11. The summed E-state index contributed by atoms with van der Waals surface area (Å²) in [4.78, 5) is 2.56. The number of rotatable bonds is 4. The van der Waals surface area contributed by atoms with Gasteiger partial charge in [-0.3, -0.25) is 4.90 Å². The third kappa shape index (κ3) is 2.34. The molecule has 0 N–H and O–H groups in total. The smallest absolute Gasteiger partial charge is 0.165 e. The van der Waals surface area contributed by atoms with Gasteiger partial charge in [0.2, 0.25) is 0 Å². The molecule has 0 unspecified atom stereocenters. The number of nitrogens with zero attached hydrogens (tertiary/aromatic N) is 5. The molecular weight excluding hydrogens is 214 g/mol. The van der Waals surface area contributed by atoms with E-state index >= 15 is 0 Å². The Morgan fingerprint density at radius 3 is 2.88 bits per heavy atom. The Kier molecular flexibility index (Phi) is 3.09. The molecule has 1 saturated carbocycles. The predicted molar refractivity (Wildman–Crippen MR) is 64.4 cm³/mol. The van der Waals surface area contributed by atoms with Gasteiger partial charge in [0, 0.05) is 6.04 Å². The average molecular weight is 235 g/mol. The summed E-state index contributed by atoms with van der Waals surface area (Å²) in [5.41, 5.74) is 0. The second kappa shape index (κ2) is 4.72. The van der Waals surface area contributed by atoms with Crippen LogP contribution in [0.1, 0.15) is 57.3 Å². The Morgan fingerprint density at radius 1 is 1.24 bits per heavy atom. The lowest BCUT2D eigenvalue weighted by Gasteiger charge is -2.34. The Bertz CT molecular complexity index is 371. The summed E-state index contributed by atoms with van der Waals surface area (Å²) in [6.07, 6.45) is 7.76. The van der Waals surface area contributed by atoms with Crippen LogP contribution in [0, 0.1) is 0 Å². The maximum atomic E-state index is 4.20. The van der Waals surface area contributed by atoms with Crippen LogP contribution < -0.4 is 0 Å². The van der Waals surface area contributed by atoms with E-state index in [1.807, 2.05) is 4.68 Å². The zero-order valence-electron chi connectivity index (χ0n) is 10.5. The summed E-state index contributed by atoms with van der Waals surface area (Å²) >= 11 is 0. The van der Waals surface area contributed by atoms with Crippen LogP contribution in [0.3, 0.4) is 0 Å². The lowest BCUT2D eigenvalue weighted by atomic mass is 10.0. The number of likely N-dealkylation sites (tertiary alicyclic amines) is 1. The zero-order valence-corrected chi connectivity index (χ0v) is 10.5. The van der Waals surface area contributed by atoms with Crippen molar-refractivity contribution in [3.05, 3.63) is 5.82 Å². The van der Waals surface area contributed by atoms with E-state index in [0.29, 0.717) is 6.04 Å². The molecule has 0 bridgehead atoms. The zero-order chi connectivity index (χ0) is 11.7. The van der Waals surface area contributed by atoms with Crippen LogP contribution in [0.25, 0.3) is 0 Å².